The first kappa shape index (κ1) is 13.8. The number of hydrogen-bond acceptors (Lipinski definition) is 5. The molecular weight excluding hydrogens is 310 g/mol. The molecule has 2 rings (SSSR count). The molecule has 7 heteroatoms. The molecule has 0 spiro atoms. The molecule has 1 heterocycles. The lowest BCUT2D eigenvalue weighted by Gasteiger charge is -2.12. The number of aryl methyl sites for hydroxylation is 1. The van der Waals surface area contributed by atoms with E-state index in [2.05, 4.69) is 36.8 Å². The second kappa shape index (κ2) is 6.01. The van der Waals surface area contributed by atoms with Crippen LogP contribution in [0.15, 0.2) is 22.7 Å². The number of anilines is 1. The number of rotatable bonds is 5. The zero-order valence-electron chi connectivity index (χ0n) is 11.1. The Morgan fingerprint density at radius 3 is 2.79 bits per heavy atom. The molecular formula is C12H16BrN5O. The summed E-state index contributed by atoms with van der Waals surface area (Å²) in [6, 6.07) is 5.99. The quantitative estimate of drug-likeness (QED) is 0.914. The molecule has 0 fully saturated rings. The molecule has 0 aliphatic heterocycles. The molecule has 1 N–H and O–H groups in total. The number of nitrogens with one attached hydrogen (secondary N) is 1. The van der Waals surface area contributed by atoms with Crippen LogP contribution >= 0.6 is 15.9 Å². The Balaban J connectivity index is 2.02. The van der Waals surface area contributed by atoms with E-state index in [9.17, 15) is 0 Å². The molecule has 0 aliphatic rings. The van der Waals surface area contributed by atoms with Gasteiger partial charge in [0.25, 0.3) is 0 Å². The predicted octanol–water partition coefficient (Wildman–Crippen LogP) is 2.37. The van der Waals surface area contributed by atoms with Gasteiger partial charge in [0.1, 0.15) is 5.75 Å². The fourth-order valence-electron chi connectivity index (χ4n) is 1.56. The van der Waals surface area contributed by atoms with Gasteiger partial charge in [-0.1, -0.05) is 11.2 Å². The zero-order chi connectivity index (χ0) is 13.8. The maximum Gasteiger partial charge on any atom is 0.242 e. The fraction of sp³-hybridized carbons (Fsp3) is 0.417. The van der Waals surface area contributed by atoms with Crippen molar-refractivity contribution in [2.75, 3.05) is 5.32 Å². The summed E-state index contributed by atoms with van der Waals surface area (Å²) in [4.78, 5) is 0. The first-order valence-electron chi connectivity index (χ1n) is 5.97. The summed E-state index contributed by atoms with van der Waals surface area (Å²) in [6.07, 6.45) is 0.157. The van der Waals surface area contributed by atoms with Crippen LogP contribution in [-0.4, -0.2) is 26.3 Å². The summed E-state index contributed by atoms with van der Waals surface area (Å²) in [7, 11) is 1.79. The van der Waals surface area contributed by atoms with Crippen LogP contribution < -0.4 is 10.1 Å². The van der Waals surface area contributed by atoms with Crippen molar-refractivity contribution in [2.24, 2.45) is 7.05 Å². The van der Waals surface area contributed by atoms with Crippen LogP contribution in [-0.2, 0) is 13.6 Å². The average Bonchev–Trinajstić information content (AvgIpc) is 2.75. The Hall–Kier alpha value is -1.63. The lowest BCUT2D eigenvalue weighted by Crippen LogP contribution is -2.07. The molecule has 2 aromatic rings. The molecule has 0 radical (unpaired) electrons. The average molecular weight is 326 g/mol. The molecule has 0 saturated carbocycles. The van der Waals surface area contributed by atoms with E-state index in [-0.39, 0.29) is 6.10 Å². The highest BCUT2D eigenvalue weighted by Gasteiger charge is 2.06. The summed E-state index contributed by atoms with van der Waals surface area (Å²) in [5.41, 5.74) is 1.12. The van der Waals surface area contributed by atoms with Crippen molar-refractivity contribution in [2.45, 2.75) is 26.5 Å². The van der Waals surface area contributed by atoms with Gasteiger partial charge in [-0.25, -0.2) is 4.68 Å². The van der Waals surface area contributed by atoms with E-state index in [4.69, 9.17) is 4.74 Å². The van der Waals surface area contributed by atoms with Crippen LogP contribution in [0.2, 0.25) is 0 Å². The molecule has 0 atom stereocenters. The Labute approximate surface area is 120 Å². The number of aromatic nitrogens is 4. The van der Waals surface area contributed by atoms with Gasteiger partial charge in [0.15, 0.2) is 0 Å². The second-order valence-electron chi connectivity index (χ2n) is 4.41. The largest absolute Gasteiger partial charge is 0.490 e. The van der Waals surface area contributed by atoms with Crippen molar-refractivity contribution in [1.29, 1.82) is 0 Å². The third kappa shape index (κ3) is 3.66. The summed E-state index contributed by atoms with van der Waals surface area (Å²) in [5, 5.41) is 14.4. The normalized spacial score (nSPS) is 10.8. The molecule has 19 heavy (non-hydrogen) atoms. The lowest BCUT2D eigenvalue weighted by molar-refractivity contribution is 0.241. The van der Waals surface area contributed by atoms with Gasteiger partial charge in [-0.15, -0.1) is 0 Å². The third-order valence-electron chi connectivity index (χ3n) is 2.43. The lowest BCUT2D eigenvalue weighted by atomic mass is 10.2. The molecule has 0 unspecified atom stereocenters. The van der Waals surface area contributed by atoms with Gasteiger partial charge in [-0.05, 0) is 57.9 Å². The minimum atomic E-state index is 0.157. The first-order valence-corrected chi connectivity index (χ1v) is 6.77. The second-order valence-corrected chi connectivity index (χ2v) is 5.27. The van der Waals surface area contributed by atoms with Crippen LogP contribution in [0.25, 0.3) is 0 Å². The highest BCUT2D eigenvalue weighted by Crippen LogP contribution is 2.27. The molecule has 102 valence electrons. The topological polar surface area (TPSA) is 64.9 Å². The van der Waals surface area contributed by atoms with E-state index in [0.717, 1.165) is 15.8 Å². The van der Waals surface area contributed by atoms with E-state index < -0.39 is 0 Å². The molecule has 1 aromatic heterocycles. The highest BCUT2D eigenvalue weighted by atomic mass is 79.9. The molecule has 0 amide bonds. The maximum atomic E-state index is 5.67. The van der Waals surface area contributed by atoms with Crippen molar-refractivity contribution in [3.05, 3.63) is 28.2 Å². The molecule has 0 bridgehead atoms. The fourth-order valence-corrected chi connectivity index (χ4v) is 2.08. The van der Waals surface area contributed by atoms with Gasteiger partial charge in [-0.2, -0.15) is 0 Å². The van der Waals surface area contributed by atoms with Crippen LogP contribution in [0, 0.1) is 0 Å². The summed E-state index contributed by atoms with van der Waals surface area (Å²) in [5.74, 6) is 1.48. The van der Waals surface area contributed by atoms with Crippen LogP contribution in [0.1, 0.15) is 19.4 Å². The molecule has 6 nitrogen and oxygen atoms in total. The van der Waals surface area contributed by atoms with E-state index in [1.807, 2.05) is 32.0 Å². The minimum Gasteiger partial charge on any atom is -0.490 e. The number of halogens is 1. The number of hydrogen-bond donors (Lipinski definition) is 1. The van der Waals surface area contributed by atoms with Crippen LogP contribution in [0.4, 0.5) is 5.95 Å². The maximum absolute atomic E-state index is 5.67. The number of ether oxygens (including phenoxy) is 1. The monoisotopic (exact) mass is 325 g/mol. The van der Waals surface area contributed by atoms with E-state index in [1.165, 1.54) is 0 Å². The summed E-state index contributed by atoms with van der Waals surface area (Å²) >= 11 is 3.51. The first-order chi connectivity index (χ1) is 9.06. The van der Waals surface area contributed by atoms with Crippen molar-refractivity contribution in [1.82, 2.24) is 20.2 Å². The number of benzene rings is 1. The smallest absolute Gasteiger partial charge is 0.242 e. The minimum absolute atomic E-state index is 0.157. The van der Waals surface area contributed by atoms with Gasteiger partial charge in [0, 0.05) is 13.6 Å². The predicted molar refractivity (Wildman–Crippen MR) is 76.0 cm³/mol. The third-order valence-corrected chi connectivity index (χ3v) is 3.05. The Kier molecular flexibility index (Phi) is 4.36. The Bertz CT molecular complexity index is 555. The van der Waals surface area contributed by atoms with Gasteiger partial charge >= 0.3 is 0 Å². The Morgan fingerprint density at radius 1 is 1.42 bits per heavy atom. The standard InChI is InChI=1S/C12H16BrN5O/c1-8(2)19-11-5-4-9(6-10(11)13)7-14-12-15-16-17-18(12)3/h4-6,8H,7H2,1-3H3,(H,14,15,17). The summed E-state index contributed by atoms with van der Waals surface area (Å²) < 4.78 is 8.20. The van der Waals surface area contributed by atoms with Crippen LogP contribution in [0.3, 0.4) is 0 Å². The SMILES string of the molecule is CC(C)Oc1ccc(CNc2nnnn2C)cc1Br. The van der Waals surface area contributed by atoms with Crippen molar-refractivity contribution in [3.8, 4) is 5.75 Å². The highest BCUT2D eigenvalue weighted by molar-refractivity contribution is 9.10. The summed E-state index contributed by atoms with van der Waals surface area (Å²) in [6.45, 7) is 4.65. The number of nitrogens with zero attached hydrogens (tertiary/aromatic N) is 4. The van der Waals surface area contributed by atoms with E-state index >= 15 is 0 Å². The van der Waals surface area contributed by atoms with Crippen molar-refractivity contribution in [3.63, 3.8) is 0 Å². The van der Waals surface area contributed by atoms with Gasteiger partial charge in [-0.3, -0.25) is 0 Å². The van der Waals surface area contributed by atoms with Gasteiger partial charge < -0.3 is 10.1 Å². The van der Waals surface area contributed by atoms with E-state index in [1.54, 1.807) is 11.7 Å². The Morgan fingerprint density at radius 2 is 2.21 bits per heavy atom. The van der Waals surface area contributed by atoms with Gasteiger partial charge in [0.05, 0.1) is 10.6 Å². The van der Waals surface area contributed by atoms with E-state index in [0.29, 0.717) is 12.5 Å². The number of tetrazole rings is 1. The van der Waals surface area contributed by atoms with Gasteiger partial charge in [0.2, 0.25) is 5.95 Å². The zero-order valence-corrected chi connectivity index (χ0v) is 12.7. The van der Waals surface area contributed by atoms with Crippen molar-refractivity contribution >= 4 is 21.9 Å². The molecule has 0 aliphatic carbocycles. The molecule has 1 aromatic carbocycles. The van der Waals surface area contributed by atoms with Crippen molar-refractivity contribution < 1.29 is 4.74 Å². The van der Waals surface area contributed by atoms with Crippen LogP contribution in [0.5, 0.6) is 5.75 Å². The molecule has 0 saturated heterocycles.